The molecule has 0 radical (unpaired) electrons. The van der Waals surface area contributed by atoms with Crippen LogP contribution in [0.2, 0.25) is 0 Å². The predicted molar refractivity (Wildman–Crippen MR) is 68.5 cm³/mol. The Hall–Kier alpha value is -1.06. The molecule has 3 N–H and O–H groups in total. The van der Waals surface area contributed by atoms with Crippen LogP contribution in [0.4, 0.5) is 0 Å². The molecule has 0 aliphatic carbocycles. The summed E-state index contributed by atoms with van der Waals surface area (Å²) in [5, 5.41) is 2.89. The minimum Gasteiger partial charge on any atom is -0.387 e. The van der Waals surface area contributed by atoms with Crippen molar-refractivity contribution in [2.75, 3.05) is 6.54 Å². The second-order valence-electron chi connectivity index (χ2n) is 5.14. The molecule has 1 atom stereocenters. The molecule has 1 amide bonds. The van der Waals surface area contributed by atoms with Gasteiger partial charge in [-0.2, -0.15) is 0 Å². The number of nitrogens with two attached hydrogens (primary N) is 1. The van der Waals surface area contributed by atoms with Gasteiger partial charge in [0.2, 0.25) is 5.91 Å². The van der Waals surface area contributed by atoms with Crippen molar-refractivity contribution in [1.82, 2.24) is 5.32 Å². The van der Waals surface area contributed by atoms with Gasteiger partial charge < -0.3 is 11.1 Å². The van der Waals surface area contributed by atoms with Crippen LogP contribution in [-0.4, -0.2) is 24.3 Å². The fourth-order valence-electron chi connectivity index (χ4n) is 0.964. The van der Waals surface area contributed by atoms with Crippen LogP contribution in [0.5, 0.6) is 0 Å². The molecule has 94 valence electrons. The summed E-state index contributed by atoms with van der Waals surface area (Å²) in [5.74, 6) is 0.642. The van der Waals surface area contributed by atoms with Gasteiger partial charge in [-0.1, -0.05) is 27.7 Å². The predicted octanol–water partition coefficient (Wildman–Crippen LogP) is 1.69. The van der Waals surface area contributed by atoms with E-state index in [9.17, 15) is 4.79 Å². The summed E-state index contributed by atoms with van der Waals surface area (Å²) in [5.41, 5.74) is 5.66. The first kappa shape index (κ1) is 14.9. The van der Waals surface area contributed by atoms with Crippen molar-refractivity contribution in [3.05, 3.63) is 0 Å². The van der Waals surface area contributed by atoms with Crippen molar-refractivity contribution in [3.63, 3.8) is 0 Å². The first-order valence-electron chi connectivity index (χ1n) is 5.87. The Morgan fingerprint density at radius 3 is 2.44 bits per heavy atom. The second-order valence-corrected chi connectivity index (χ2v) is 5.14. The summed E-state index contributed by atoms with van der Waals surface area (Å²) in [7, 11) is 0. The molecule has 0 aromatic heterocycles. The third kappa shape index (κ3) is 6.43. The number of aliphatic imine (C=N–C) groups is 1. The summed E-state index contributed by atoms with van der Waals surface area (Å²) in [4.78, 5) is 15.6. The van der Waals surface area contributed by atoms with Crippen LogP contribution in [0, 0.1) is 5.41 Å². The summed E-state index contributed by atoms with van der Waals surface area (Å²) >= 11 is 0. The van der Waals surface area contributed by atoms with Gasteiger partial charge in [0.1, 0.15) is 0 Å². The molecule has 4 heteroatoms. The van der Waals surface area contributed by atoms with Gasteiger partial charge in [0.05, 0.1) is 5.84 Å². The van der Waals surface area contributed by atoms with Crippen molar-refractivity contribution < 1.29 is 4.79 Å². The van der Waals surface area contributed by atoms with Crippen LogP contribution in [0.25, 0.3) is 0 Å². The number of nitrogens with one attached hydrogen (secondary N) is 1. The van der Waals surface area contributed by atoms with Crippen LogP contribution in [0.1, 0.15) is 47.5 Å². The highest BCUT2D eigenvalue weighted by atomic mass is 16.1. The van der Waals surface area contributed by atoms with Gasteiger partial charge in [-0.3, -0.25) is 9.79 Å². The highest BCUT2D eigenvalue weighted by Crippen LogP contribution is 2.12. The molecule has 0 aliphatic heterocycles. The maximum absolute atomic E-state index is 11.4. The monoisotopic (exact) mass is 227 g/mol. The molecular formula is C12H25N3O. The largest absolute Gasteiger partial charge is 0.387 e. The molecule has 16 heavy (non-hydrogen) atoms. The lowest BCUT2D eigenvalue weighted by atomic mass is 9.95. The van der Waals surface area contributed by atoms with Crippen LogP contribution < -0.4 is 11.1 Å². The molecule has 0 saturated heterocycles. The lowest BCUT2D eigenvalue weighted by Crippen LogP contribution is -2.33. The topological polar surface area (TPSA) is 67.5 Å². The van der Waals surface area contributed by atoms with Crippen LogP contribution in [0.3, 0.4) is 0 Å². The Morgan fingerprint density at radius 1 is 1.44 bits per heavy atom. The number of rotatable bonds is 5. The SMILES string of the molecule is CCC(C)NC(=O)CCN=C(N)C(C)(C)C. The van der Waals surface area contributed by atoms with E-state index >= 15 is 0 Å². The standard InChI is InChI=1S/C12H25N3O/c1-6-9(2)15-10(16)7-8-14-11(13)12(3,4)5/h9H,6-8H2,1-5H3,(H2,13,14)(H,15,16). The van der Waals surface area contributed by atoms with Crippen molar-refractivity contribution in [2.24, 2.45) is 16.1 Å². The Morgan fingerprint density at radius 2 is 2.00 bits per heavy atom. The Kier molecular flexibility index (Phi) is 6.08. The molecule has 0 spiro atoms. The molecule has 0 aromatic rings. The van der Waals surface area contributed by atoms with Crippen molar-refractivity contribution in [3.8, 4) is 0 Å². The normalized spacial score (nSPS) is 14.7. The van der Waals surface area contributed by atoms with E-state index < -0.39 is 0 Å². The van der Waals surface area contributed by atoms with Gasteiger partial charge >= 0.3 is 0 Å². The van der Waals surface area contributed by atoms with Gasteiger partial charge in [0, 0.05) is 24.4 Å². The Bertz CT molecular complexity index is 253. The van der Waals surface area contributed by atoms with E-state index in [4.69, 9.17) is 5.73 Å². The van der Waals surface area contributed by atoms with E-state index in [0.717, 1.165) is 6.42 Å². The molecule has 0 heterocycles. The quantitative estimate of drug-likeness (QED) is 0.554. The van der Waals surface area contributed by atoms with Gasteiger partial charge in [0.25, 0.3) is 0 Å². The molecule has 0 bridgehead atoms. The minimum atomic E-state index is -0.118. The molecule has 0 fully saturated rings. The van der Waals surface area contributed by atoms with E-state index in [2.05, 4.69) is 10.3 Å². The highest BCUT2D eigenvalue weighted by Gasteiger charge is 2.15. The van der Waals surface area contributed by atoms with E-state index in [1.807, 2.05) is 34.6 Å². The summed E-state index contributed by atoms with van der Waals surface area (Å²) < 4.78 is 0. The number of hydrogen-bond donors (Lipinski definition) is 2. The fourth-order valence-corrected chi connectivity index (χ4v) is 0.964. The van der Waals surface area contributed by atoms with Gasteiger partial charge in [-0.25, -0.2) is 0 Å². The third-order valence-corrected chi connectivity index (χ3v) is 2.41. The first-order valence-corrected chi connectivity index (χ1v) is 5.87. The van der Waals surface area contributed by atoms with Crippen LogP contribution in [0.15, 0.2) is 4.99 Å². The zero-order chi connectivity index (χ0) is 12.8. The fraction of sp³-hybridized carbons (Fsp3) is 0.833. The van der Waals surface area contributed by atoms with E-state index in [0.29, 0.717) is 18.8 Å². The van der Waals surface area contributed by atoms with Crippen molar-refractivity contribution in [2.45, 2.75) is 53.5 Å². The van der Waals surface area contributed by atoms with Gasteiger partial charge in [0.15, 0.2) is 0 Å². The number of amides is 1. The molecule has 4 nitrogen and oxygen atoms in total. The third-order valence-electron chi connectivity index (χ3n) is 2.41. The van der Waals surface area contributed by atoms with E-state index in [1.54, 1.807) is 0 Å². The smallest absolute Gasteiger partial charge is 0.222 e. The maximum Gasteiger partial charge on any atom is 0.222 e. The van der Waals surface area contributed by atoms with Crippen molar-refractivity contribution in [1.29, 1.82) is 0 Å². The average Bonchev–Trinajstić information content (AvgIpc) is 2.15. The molecule has 1 unspecified atom stereocenters. The number of amidine groups is 1. The van der Waals surface area contributed by atoms with Crippen molar-refractivity contribution >= 4 is 11.7 Å². The summed E-state index contributed by atoms with van der Waals surface area (Å²) in [6.45, 7) is 10.5. The van der Waals surface area contributed by atoms with E-state index in [1.165, 1.54) is 0 Å². The molecule has 0 saturated carbocycles. The molecular weight excluding hydrogens is 202 g/mol. The average molecular weight is 227 g/mol. The summed E-state index contributed by atoms with van der Waals surface area (Å²) in [6.07, 6.45) is 1.35. The number of carbonyl (C=O) groups excluding carboxylic acids is 1. The molecule has 0 rings (SSSR count). The lowest BCUT2D eigenvalue weighted by molar-refractivity contribution is -0.121. The zero-order valence-electron chi connectivity index (χ0n) is 11.1. The van der Waals surface area contributed by atoms with Crippen LogP contribution >= 0.6 is 0 Å². The molecule has 0 aliphatic rings. The second kappa shape index (κ2) is 6.51. The minimum absolute atomic E-state index is 0.0415. The zero-order valence-corrected chi connectivity index (χ0v) is 11.1. The first-order chi connectivity index (χ1) is 7.27. The Balaban J connectivity index is 3.95. The van der Waals surface area contributed by atoms with Gasteiger partial charge in [-0.15, -0.1) is 0 Å². The number of carbonyl (C=O) groups is 1. The van der Waals surface area contributed by atoms with Crippen LogP contribution in [-0.2, 0) is 4.79 Å². The Labute approximate surface area is 98.7 Å². The summed E-state index contributed by atoms with van der Waals surface area (Å²) in [6, 6.07) is 0.233. The lowest BCUT2D eigenvalue weighted by Gasteiger charge is -2.17. The van der Waals surface area contributed by atoms with E-state index in [-0.39, 0.29) is 17.4 Å². The number of nitrogens with zero attached hydrogens (tertiary/aromatic N) is 1. The molecule has 0 aromatic carbocycles. The number of hydrogen-bond acceptors (Lipinski definition) is 2. The maximum atomic E-state index is 11.4. The van der Waals surface area contributed by atoms with Gasteiger partial charge in [-0.05, 0) is 13.3 Å². The highest BCUT2D eigenvalue weighted by molar-refractivity contribution is 5.85.